The molecule has 0 aliphatic rings. The molecule has 2 aromatic carbocycles. The van der Waals surface area contributed by atoms with Crippen molar-refractivity contribution in [3.8, 4) is 12.1 Å². The van der Waals surface area contributed by atoms with Gasteiger partial charge in [0.25, 0.3) is 0 Å². The highest BCUT2D eigenvalue weighted by Crippen LogP contribution is 2.28. The van der Waals surface area contributed by atoms with Crippen molar-refractivity contribution in [3.05, 3.63) is 101 Å². The lowest BCUT2D eigenvalue weighted by Gasteiger charge is -2.22. The zero-order chi connectivity index (χ0) is 26.6. The van der Waals surface area contributed by atoms with E-state index in [-0.39, 0.29) is 5.57 Å². The molecule has 0 N–H and O–H groups in total. The largest absolute Gasteiger partial charge is 0.457 e. The van der Waals surface area contributed by atoms with Crippen LogP contribution in [0.25, 0.3) is 17.7 Å². The molecule has 0 saturated heterocycles. The third-order valence-electron chi connectivity index (χ3n) is 6.31. The topological polar surface area (TPSA) is 67.2 Å². The molecule has 0 aliphatic carbocycles. The molecule has 0 amide bonds. The summed E-state index contributed by atoms with van der Waals surface area (Å²) < 4.78 is 5.74. The maximum absolute atomic E-state index is 8.95. The molecule has 3 rings (SSSR count). The number of hydrogen-bond acceptors (Lipinski definition) is 5. The third-order valence-corrected chi connectivity index (χ3v) is 6.31. The van der Waals surface area contributed by atoms with Crippen LogP contribution >= 0.6 is 0 Å². The molecule has 0 saturated carbocycles. The van der Waals surface area contributed by atoms with Gasteiger partial charge in [-0.15, -0.1) is 0 Å². The van der Waals surface area contributed by atoms with Gasteiger partial charge in [-0.05, 0) is 86.9 Å². The second-order valence-corrected chi connectivity index (χ2v) is 8.40. The van der Waals surface area contributed by atoms with Gasteiger partial charge >= 0.3 is 0 Å². The standard InChI is InChI=1S/C32H34N4O/c1-5-35(6-2)28-16-12-26(13-17-28)32(27-14-18-29(19-15-27)36(7-3)8-4)11-9-10-30-20-21-31(37-30)22-25(23-33)24-34/h9-22H,5-8H2,1-4H3/b10-9+. The number of nitrogens with zero attached hydrogens (tertiary/aromatic N) is 4. The second-order valence-electron chi connectivity index (χ2n) is 8.40. The van der Waals surface area contributed by atoms with E-state index >= 15 is 0 Å². The summed E-state index contributed by atoms with van der Waals surface area (Å²) in [5.41, 5.74) is 5.81. The van der Waals surface area contributed by atoms with Crippen LogP contribution in [0.2, 0.25) is 0 Å². The number of allylic oxidation sites excluding steroid dienone is 3. The highest BCUT2D eigenvalue weighted by atomic mass is 16.3. The minimum atomic E-state index is 0.00776. The lowest BCUT2D eigenvalue weighted by molar-refractivity contribution is 0.547. The van der Waals surface area contributed by atoms with E-state index in [4.69, 9.17) is 14.9 Å². The van der Waals surface area contributed by atoms with Gasteiger partial charge in [0.05, 0.1) is 0 Å². The van der Waals surface area contributed by atoms with Crippen molar-refractivity contribution in [1.82, 2.24) is 0 Å². The highest BCUT2D eigenvalue weighted by Gasteiger charge is 2.09. The van der Waals surface area contributed by atoms with Gasteiger partial charge in [0.1, 0.15) is 29.2 Å². The summed E-state index contributed by atoms with van der Waals surface area (Å²) in [5.74, 6) is 1.12. The smallest absolute Gasteiger partial charge is 0.133 e. The summed E-state index contributed by atoms with van der Waals surface area (Å²) in [5, 5.41) is 17.9. The van der Waals surface area contributed by atoms with Crippen molar-refractivity contribution < 1.29 is 4.42 Å². The van der Waals surface area contributed by atoms with E-state index in [1.807, 2.05) is 30.4 Å². The van der Waals surface area contributed by atoms with Gasteiger partial charge in [0.2, 0.25) is 0 Å². The number of benzene rings is 2. The van der Waals surface area contributed by atoms with Crippen LogP contribution < -0.4 is 9.80 Å². The fourth-order valence-electron chi connectivity index (χ4n) is 4.25. The van der Waals surface area contributed by atoms with Crippen LogP contribution in [0, 0.1) is 22.7 Å². The molecule has 37 heavy (non-hydrogen) atoms. The highest BCUT2D eigenvalue weighted by molar-refractivity contribution is 5.82. The van der Waals surface area contributed by atoms with E-state index in [0.29, 0.717) is 11.5 Å². The van der Waals surface area contributed by atoms with Crippen molar-refractivity contribution in [2.75, 3.05) is 36.0 Å². The maximum Gasteiger partial charge on any atom is 0.133 e. The van der Waals surface area contributed by atoms with Crippen molar-refractivity contribution in [2.45, 2.75) is 27.7 Å². The molecular formula is C32H34N4O. The Kier molecular flexibility index (Phi) is 9.94. The normalized spacial score (nSPS) is 10.4. The van der Waals surface area contributed by atoms with Gasteiger partial charge in [-0.2, -0.15) is 10.5 Å². The van der Waals surface area contributed by atoms with E-state index < -0.39 is 0 Å². The molecule has 0 aliphatic heterocycles. The maximum atomic E-state index is 8.95. The van der Waals surface area contributed by atoms with E-state index in [0.717, 1.165) is 42.9 Å². The Bertz CT molecular complexity index is 1250. The molecule has 0 unspecified atom stereocenters. The second kappa shape index (κ2) is 13.6. The first-order chi connectivity index (χ1) is 18.1. The predicted molar refractivity (Wildman–Crippen MR) is 154 cm³/mol. The summed E-state index contributed by atoms with van der Waals surface area (Å²) in [6, 6.07) is 24.7. The van der Waals surface area contributed by atoms with Crippen molar-refractivity contribution >= 4 is 29.1 Å². The quantitative estimate of drug-likeness (QED) is 0.205. The summed E-state index contributed by atoms with van der Waals surface area (Å²) in [4.78, 5) is 4.66. The molecule has 5 nitrogen and oxygen atoms in total. The Balaban J connectivity index is 1.95. The predicted octanol–water partition coefficient (Wildman–Crippen LogP) is 7.55. The lowest BCUT2D eigenvalue weighted by atomic mass is 9.96. The molecule has 5 heteroatoms. The zero-order valence-corrected chi connectivity index (χ0v) is 22.1. The van der Waals surface area contributed by atoms with Gasteiger partial charge in [0, 0.05) is 43.6 Å². The molecule has 0 fully saturated rings. The first-order valence-electron chi connectivity index (χ1n) is 12.8. The zero-order valence-electron chi connectivity index (χ0n) is 22.1. The van der Waals surface area contributed by atoms with Gasteiger partial charge in [0.15, 0.2) is 0 Å². The Labute approximate surface area is 220 Å². The molecule has 0 bridgehead atoms. The first-order valence-corrected chi connectivity index (χ1v) is 12.8. The van der Waals surface area contributed by atoms with Crippen molar-refractivity contribution in [3.63, 3.8) is 0 Å². The number of furan rings is 1. The van der Waals surface area contributed by atoms with Crippen LogP contribution in [-0.2, 0) is 0 Å². The number of anilines is 2. The molecule has 0 atom stereocenters. The summed E-state index contributed by atoms with van der Waals surface area (Å²) in [6.45, 7) is 12.6. The SMILES string of the molecule is CCN(CC)c1ccc(C(=C/C=C/c2ccc(C=C(C#N)C#N)o2)c2ccc(N(CC)CC)cc2)cc1. The van der Waals surface area contributed by atoms with Crippen LogP contribution in [0.15, 0.2) is 82.8 Å². The van der Waals surface area contributed by atoms with Gasteiger partial charge < -0.3 is 14.2 Å². The molecule has 3 aromatic rings. The number of nitriles is 2. The lowest BCUT2D eigenvalue weighted by Crippen LogP contribution is -2.21. The fraction of sp³-hybridized carbons (Fsp3) is 0.250. The Morgan fingerprint density at radius 3 is 1.59 bits per heavy atom. The number of rotatable bonds is 11. The summed E-state index contributed by atoms with van der Waals surface area (Å²) >= 11 is 0. The Morgan fingerprint density at radius 1 is 0.703 bits per heavy atom. The third kappa shape index (κ3) is 7.03. The van der Waals surface area contributed by atoms with Gasteiger partial charge in [-0.1, -0.05) is 36.4 Å². The van der Waals surface area contributed by atoms with Crippen LogP contribution in [0.3, 0.4) is 0 Å². The first kappa shape index (κ1) is 27.1. The fourth-order valence-corrected chi connectivity index (χ4v) is 4.25. The molecular weight excluding hydrogens is 456 g/mol. The Morgan fingerprint density at radius 2 is 1.16 bits per heavy atom. The molecule has 188 valence electrons. The Hall–Kier alpha value is -4.48. The van der Waals surface area contributed by atoms with Gasteiger partial charge in [-0.25, -0.2) is 0 Å². The monoisotopic (exact) mass is 490 g/mol. The van der Waals surface area contributed by atoms with Crippen molar-refractivity contribution in [2.24, 2.45) is 0 Å². The minimum Gasteiger partial charge on any atom is -0.457 e. The number of hydrogen-bond donors (Lipinski definition) is 0. The summed E-state index contributed by atoms with van der Waals surface area (Å²) in [6.07, 6.45) is 7.37. The molecule has 0 radical (unpaired) electrons. The minimum absolute atomic E-state index is 0.00776. The molecule has 1 heterocycles. The van der Waals surface area contributed by atoms with Crippen molar-refractivity contribution in [1.29, 1.82) is 10.5 Å². The summed E-state index contributed by atoms with van der Waals surface area (Å²) in [7, 11) is 0. The average Bonchev–Trinajstić information content (AvgIpc) is 3.39. The molecule has 0 spiro atoms. The van der Waals surface area contributed by atoms with E-state index in [1.54, 1.807) is 6.07 Å². The van der Waals surface area contributed by atoms with Crippen LogP contribution in [-0.4, -0.2) is 26.2 Å². The van der Waals surface area contributed by atoms with Crippen LogP contribution in [0.1, 0.15) is 50.3 Å². The van der Waals surface area contributed by atoms with Crippen LogP contribution in [0.5, 0.6) is 0 Å². The van der Waals surface area contributed by atoms with E-state index in [9.17, 15) is 0 Å². The molecule has 1 aromatic heterocycles. The van der Waals surface area contributed by atoms with Gasteiger partial charge in [-0.3, -0.25) is 0 Å². The van der Waals surface area contributed by atoms with E-state index in [1.165, 1.54) is 17.5 Å². The van der Waals surface area contributed by atoms with Crippen LogP contribution in [0.4, 0.5) is 11.4 Å². The van der Waals surface area contributed by atoms with E-state index in [2.05, 4.69) is 92.1 Å². The average molecular weight is 491 g/mol.